The first-order valence-corrected chi connectivity index (χ1v) is 6.87. The minimum absolute atomic E-state index is 0.549. The van der Waals surface area contributed by atoms with Crippen LogP contribution in [0.15, 0.2) is 29.2 Å². The molecule has 0 radical (unpaired) electrons. The van der Waals surface area contributed by atoms with E-state index in [9.17, 15) is 4.21 Å². The van der Waals surface area contributed by atoms with Gasteiger partial charge in [0.25, 0.3) is 0 Å². The highest BCUT2D eigenvalue weighted by Crippen LogP contribution is 2.09. The van der Waals surface area contributed by atoms with E-state index >= 15 is 0 Å². The molecule has 1 aromatic carbocycles. The van der Waals surface area contributed by atoms with E-state index < -0.39 is 10.8 Å². The van der Waals surface area contributed by atoms with Gasteiger partial charge in [0.15, 0.2) is 0 Å². The van der Waals surface area contributed by atoms with Gasteiger partial charge in [-0.15, -0.1) is 0 Å². The number of benzene rings is 1. The fourth-order valence-electron chi connectivity index (χ4n) is 1.22. The van der Waals surface area contributed by atoms with E-state index in [1.807, 2.05) is 0 Å². The van der Waals surface area contributed by atoms with Gasteiger partial charge in [0.05, 0.1) is 23.2 Å². The fraction of sp³-hybridized carbons (Fsp3) is 0.500. The Morgan fingerprint density at radius 1 is 1.25 bits per heavy atom. The monoisotopic (exact) mass is 241 g/mol. The van der Waals surface area contributed by atoms with Gasteiger partial charge in [-0.3, -0.25) is 4.21 Å². The van der Waals surface area contributed by atoms with Crippen LogP contribution in [0.25, 0.3) is 0 Å². The second-order valence-electron chi connectivity index (χ2n) is 3.58. The largest absolute Gasteiger partial charge is 0.399 e. The zero-order valence-corrected chi connectivity index (χ0v) is 10.5. The van der Waals surface area contributed by atoms with Gasteiger partial charge < -0.3 is 10.5 Å². The molecule has 0 aliphatic rings. The Morgan fingerprint density at radius 3 is 2.56 bits per heavy atom. The van der Waals surface area contributed by atoms with Gasteiger partial charge >= 0.3 is 0 Å². The summed E-state index contributed by atoms with van der Waals surface area (Å²) in [5.41, 5.74) is 6.25. The summed E-state index contributed by atoms with van der Waals surface area (Å²) in [6, 6.07) is 7.14. The van der Waals surface area contributed by atoms with Crippen molar-refractivity contribution in [1.82, 2.24) is 0 Å². The smallest absolute Gasteiger partial charge is 0.0585 e. The van der Waals surface area contributed by atoms with Crippen LogP contribution in [0, 0.1) is 0 Å². The van der Waals surface area contributed by atoms with E-state index in [1.54, 1.807) is 24.3 Å². The third-order valence-corrected chi connectivity index (χ3v) is 3.53. The Bertz CT molecular complexity index is 324. The molecule has 1 unspecified atom stereocenters. The Morgan fingerprint density at radius 2 is 1.94 bits per heavy atom. The summed E-state index contributed by atoms with van der Waals surface area (Å²) in [6.45, 7) is 3.43. The maximum Gasteiger partial charge on any atom is 0.0585 e. The summed E-state index contributed by atoms with van der Waals surface area (Å²) < 4.78 is 17.2. The maximum atomic E-state index is 11.8. The summed E-state index contributed by atoms with van der Waals surface area (Å²) in [6.07, 6.45) is 2.19. The summed E-state index contributed by atoms with van der Waals surface area (Å²) in [4.78, 5) is 0.813. The molecule has 1 atom stereocenters. The second-order valence-corrected chi connectivity index (χ2v) is 5.16. The number of hydrogen-bond donors (Lipinski definition) is 1. The Labute approximate surface area is 99.4 Å². The van der Waals surface area contributed by atoms with E-state index in [0.717, 1.165) is 24.3 Å². The molecule has 1 rings (SSSR count). The zero-order chi connectivity index (χ0) is 11.8. The van der Waals surface area contributed by atoms with Gasteiger partial charge in [0.1, 0.15) is 0 Å². The van der Waals surface area contributed by atoms with Crippen molar-refractivity contribution in [3.05, 3.63) is 24.3 Å². The topological polar surface area (TPSA) is 52.3 Å². The molecule has 0 heterocycles. The molecular formula is C12H19NO2S. The van der Waals surface area contributed by atoms with E-state index in [0.29, 0.717) is 18.0 Å². The Balaban J connectivity index is 2.27. The standard InChI is InChI=1S/C12H19NO2S/c1-2-3-8-15-9-10-16(14)12-6-4-11(13)5-7-12/h4-7H,2-3,8-10,13H2,1H3. The van der Waals surface area contributed by atoms with Crippen molar-refractivity contribution in [2.75, 3.05) is 24.7 Å². The molecular weight excluding hydrogens is 222 g/mol. The number of nitrogen functional groups attached to an aromatic ring is 1. The SMILES string of the molecule is CCCCOCCS(=O)c1ccc(N)cc1. The lowest BCUT2D eigenvalue weighted by Gasteiger charge is -2.04. The molecule has 2 N–H and O–H groups in total. The summed E-state index contributed by atoms with van der Waals surface area (Å²) in [7, 11) is -0.978. The minimum atomic E-state index is -0.978. The maximum absolute atomic E-state index is 11.8. The van der Waals surface area contributed by atoms with E-state index in [2.05, 4.69) is 6.92 Å². The second kappa shape index (κ2) is 7.41. The number of ether oxygens (including phenoxy) is 1. The molecule has 0 fully saturated rings. The molecule has 3 nitrogen and oxygen atoms in total. The fourth-order valence-corrected chi connectivity index (χ4v) is 2.17. The molecule has 0 aliphatic carbocycles. The van der Waals surface area contributed by atoms with Crippen LogP contribution < -0.4 is 5.73 Å². The van der Waals surface area contributed by atoms with Crippen LogP contribution in [0.4, 0.5) is 5.69 Å². The van der Waals surface area contributed by atoms with Gasteiger partial charge in [-0.25, -0.2) is 0 Å². The first-order valence-electron chi connectivity index (χ1n) is 5.55. The van der Waals surface area contributed by atoms with Crippen LogP contribution in [0.1, 0.15) is 19.8 Å². The van der Waals surface area contributed by atoms with Crippen molar-refractivity contribution < 1.29 is 8.95 Å². The number of anilines is 1. The molecule has 0 aromatic heterocycles. The molecule has 0 saturated carbocycles. The summed E-state index contributed by atoms with van der Waals surface area (Å²) in [5, 5.41) is 0. The number of unbranched alkanes of at least 4 members (excludes halogenated alkanes) is 1. The molecule has 0 bridgehead atoms. The average molecular weight is 241 g/mol. The van der Waals surface area contributed by atoms with Gasteiger partial charge in [-0.05, 0) is 30.7 Å². The first-order chi connectivity index (χ1) is 7.74. The highest BCUT2D eigenvalue weighted by Gasteiger charge is 2.02. The molecule has 4 heteroatoms. The number of nitrogens with two attached hydrogens (primary N) is 1. The van der Waals surface area contributed by atoms with Crippen molar-refractivity contribution >= 4 is 16.5 Å². The van der Waals surface area contributed by atoms with Crippen molar-refractivity contribution in [2.45, 2.75) is 24.7 Å². The molecule has 16 heavy (non-hydrogen) atoms. The normalized spacial score (nSPS) is 12.6. The molecule has 0 amide bonds. The van der Waals surface area contributed by atoms with Crippen LogP contribution in [-0.2, 0) is 15.5 Å². The number of rotatable bonds is 7. The average Bonchev–Trinajstić information content (AvgIpc) is 2.29. The van der Waals surface area contributed by atoms with Crippen LogP contribution in [0.2, 0.25) is 0 Å². The van der Waals surface area contributed by atoms with E-state index in [1.165, 1.54) is 0 Å². The lowest BCUT2D eigenvalue weighted by atomic mass is 10.3. The molecule has 0 spiro atoms. The number of hydrogen-bond acceptors (Lipinski definition) is 3. The van der Waals surface area contributed by atoms with Crippen molar-refractivity contribution in [1.29, 1.82) is 0 Å². The van der Waals surface area contributed by atoms with Gasteiger partial charge in [0.2, 0.25) is 0 Å². The molecule has 0 aliphatic heterocycles. The van der Waals surface area contributed by atoms with Crippen LogP contribution >= 0.6 is 0 Å². The van der Waals surface area contributed by atoms with Gasteiger partial charge in [-0.2, -0.15) is 0 Å². The predicted molar refractivity (Wildman–Crippen MR) is 67.9 cm³/mol. The summed E-state index contributed by atoms with van der Waals surface area (Å²) in [5.74, 6) is 0.549. The van der Waals surface area contributed by atoms with Crippen molar-refractivity contribution in [2.24, 2.45) is 0 Å². The molecule has 0 saturated heterocycles. The van der Waals surface area contributed by atoms with Gasteiger partial charge in [-0.1, -0.05) is 13.3 Å². The van der Waals surface area contributed by atoms with Crippen molar-refractivity contribution in [3.63, 3.8) is 0 Å². The van der Waals surface area contributed by atoms with Crippen LogP contribution in [0.5, 0.6) is 0 Å². The zero-order valence-electron chi connectivity index (χ0n) is 9.65. The first kappa shape index (κ1) is 13.2. The van der Waals surface area contributed by atoms with E-state index in [4.69, 9.17) is 10.5 Å². The molecule has 90 valence electrons. The molecule has 1 aromatic rings. The Hall–Kier alpha value is -0.870. The lowest BCUT2D eigenvalue weighted by Crippen LogP contribution is -2.07. The third kappa shape index (κ3) is 4.77. The quantitative estimate of drug-likeness (QED) is 0.588. The minimum Gasteiger partial charge on any atom is -0.399 e. The lowest BCUT2D eigenvalue weighted by molar-refractivity contribution is 0.146. The Kier molecular flexibility index (Phi) is 6.11. The summed E-state index contributed by atoms with van der Waals surface area (Å²) >= 11 is 0. The van der Waals surface area contributed by atoms with Crippen molar-refractivity contribution in [3.8, 4) is 0 Å². The highest BCUT2D eigenvalue weighted by atomic mass is 32.2. The third-order valence-electron chi connectivity index (χ3n) is 2.20. The van der Waals surface area contributed by atoms with Crippen LogP contribution in [-0.4, -0.2) is 23.2 Å². The van der Waals surface area contributed by atoms with Crippen LogP contribution in [0.3, 0.4) is 0 Å². The van der Waals surface area contributed by atoms with Gasteiger partial charge in [0, 0.05) is 17.2 Å². The van der Waals surface area contributed by atoms with E-state index in [-0.39, 0.29) is 0 Å². The highest BCUT2D eigenvalue weighted by molar-refractivity contribution is 7.85. The predicted octanol–water partition coefficient (Wildman–Crippen LogP) is 2.19.